The molecule has 0 aliphatic carbocycles. The molecule has 5 nitrogen and oxygen atoms in total. The molecule has 0 atom stereocenters. The van der Waals surface area contributed by atoms with Gasteiger partial charge in [-0.3, -0.25) is 0 Å². The van der Waals surface area contributed by atoms with Crippen LogP contribution in [-0.2, 0) is 58.8 Å². The third-order valence-corrected chi connectivity index (χ3v) is 10.4. The number of hydrogen-bond donors (Lipinski definition) is 0. The van der Waals surface area contributed by atoms with Crippen molar-refractivity contribution in [1.82, 2.24) is 0 Å². The van der Waals surface area contributed by atoms with Gasteiger partial charge >= 0.3 is 17.1 Å². The van der Waals surface area contributed by atoms with Gasteiger partial charge in [0.2, 0.25) is 0 Å². The van der Waals surface area contributed by atoms with Crippen LogP contribution >= 0.6 is 7.92 Å². The van der Waals surface area contributed by atoms with Crippen molar-refractivity contribution in [2.75, 3.05) is 50.8 Å². The Morgan fingerprint density at radius 2 is 0.943 bits per heavy atom. The van der Waals surface area contributed by atoms with Gasteiger partial charge in [0.05, 0.1) is 56.2 Å². The van der Waals surface area contributed by atoms with Gasteiger partial charge in [-0.15, -0.1) is 0 Å². The number of hydrogen-bond acceptors (Lipinski definition) is 6. The Hall–Kier alpha value is 1.04. The Bertz CT molecular complexity index is 453. The second kappa shape index (κ2) is 29.6. The summed E-state index contributed by atoms with van der Waals surface area (Å²) in [6, 6.07) is 0. The summed E-state index contributed by atoms with van der Waals surface area (Å²) in [6.07, 6.45) is 0.574. The fraction of sp³-hybridized carbons (Fsp3) is 0.920. The van der Waals surface area contributed by atoms with Gasteiger partial charge in [-0.1, -0.05) is 0 Å². The Kier molecular flexibility index (Phi) is 38.8. The average Bonchev–Trinajstić information content (AvgIpc) is 2.74. The Balaban J connectivity index is -0.000000129. The summed E-state index contributed by atoms with van der Waals surface area (Å²) in [5, 5.41) is 21.7. The van der Waals surface area contributed by atoms with Gasteiger partial charge in [0.25, 0.3) is 0 Å². The largest absolute Gasteiger partial charge is 2.00 e. The molecule has 0 N–H and O–H groups in total. The second-order valence-electron chi connectivity index (χ2n) is 9.03. The van der Waals surface area contributed by atoms with E-state index in [-0.39, 0.29) is 79.2 Å². The van der Waals surface area contributed by atoms with E-state index in [0.717, 1.165) is 17.0 Å². The topological polar surface area (TPSA) is 70.8 Å². The molecule has 0 spiro atoms. The molecule has 0 aromatic carbocycles. The fourth-order valence-electron chi connectivity index (χ4n) is 4.02. The zero-order chi connectivity index (χ0) is 26.4. The van der Waals surface area contributed by atoms with Crippen LogP contribution in [0.4, 0.5) is 0 Å². The first-order chi connectivity index (χ1) is 15.4. The summed E-state index contributed by atoms with van der Waals surface area (Å²) < 4.78 is 1.28. The van der Waals surface area contributed by atoms with Crippen LogP contribution in [-0.4, -0.2) is 84.0 Å². The maximum Gasteiger partial charge on any atom is 2.00 e. The molecule has 0 saturated carbocycles. The van der Waals surface area contributed by atoms with Crippen molar-refractivity contribution in [3.05, 3.63) is 0 Å². The molecule has 219 valence electrons. The summed E-state index contributed by atoms with van der Waals surface area (Å²) in [7, 11) is -0.0957. The van der Waals surface area contributed by atoms with E-state index in [9.17, 15) is 10.2 Å². The molecule has 0 saturated heterocycles. The summed E-state index contributed by atoms with van der Waals surface area (Å²) in [5.74, 6) is 0.333. The molecule has 0 aliphatic rings. The zero-order valence-corrected chi connectivity index (χ0v) is 28.5. The van der Waals surface area contributed by atoms with E-state index in [1.54, 1.807) is 0 Å². The van der Waals surface area contributed by atoms with E-state index in [2.05, 4.69) is 104 Å². The molecule has 0 amide bonds. The van der Waals surface area contributed by atoms with E-state index in [4.69, 9.17) is 0 Å². The van der Waals surface area contributed by atoms with Gasteiger partial charge in [0.1, 0.15) is 0 Å². The molecule has 0 rings (SSSR count). The fourth-order valence-corrected chi connectivity index (χ4v) is 8.37. The van der Waals surface area contributed by atoms with Gasteiger partial charge < -0.3 is 49.9 Å². The molecule has 10 heteroatoms. The Labute approximate surface area is 251 Å². The molecule has 0 unspecified atom stereocenters. The maximum atomic E-state index is 10.8. The summed E-state index contributed by atoms with van der Waals surface area (Å²) in [4.78, 5) is 7.34. The first kappa shape index (κ1) is 45.9. The summed E-state index contributed by atoms with van der Waals surface area (Å²) in [5.41, 5.74) is 2.81. The molecule has 35 heavy (non-hydrogen) atoms. The Morgan fingerprint density at radius 1 is 0.686 bits per heavy atom. The van der Waals surface area contributed by atoms with Crippen molar-refractivity contribution >= 4 is 45.0 Å². The molecule has 0 aliphatic heterocycles. The van der Waals surface area contributed by atoms with Crippen LogP contribution in [0, 0.1) is 0 Å². The van der Waals surface area contributed by atoms with Gasteiger partial charge in [0.15, 0.2) is 0 Å². The standard InChI is InChI=1S/C9H21P.C8H16N2O2S2.C8H20N.Cu.Ni/c1-7(2)10(8(3)4)9(5)6;11-7(1-5-13)9-3-4-10-8(12)2-6-14;1-5-9(6-2,7-3)8-4;;/h7-9H,1-6H3;13-14H,1-6H2,(H,9,11)(H,10,12);5-8H2,1-4H3;;/q;;+1;+2;/p-3. The van der Waals surface area contributed by atoms with Crippen molar-refractivity contribution < 1.29 is 48.3 Å². The molecule has 0 aromatic rings. The van der Waals surface area contributed by atoms with E-state index >= 15 is 0 Å². The van der Waals surface area contributed by atoms with Crippen LogP contribution in [0.1, 0.15) is 82.1 Å². The molecule has 1 radical (unpaired) electrons. The van der Waals surface area contributed by atoms with Crippen LogP contribution in [0.15, 0.2) is 9.98 Å². The third-order valence-electron chi connectivity index (χ3n) is 5.99. The molecule has 0 aromatic heterocycles. The van der Waals surface area contributed by atoms with E-state index in [0.29, 0.717) is 11.5 Å². The van der Waals surface area contributed by atoms with Crippen LogP contribution in [0.2, 0.25) is 0 Å². The quantitative estimate of drug-likeness (QED) is 0.0550. The van der Waals surface area contributed by atoms with Gasteiger partial charge in [0, 0.05) is 24.4 Å². The molecule has 0 fully saturated rings. The van der Waals surface area contributed by atoms with E-state index < -0.39 is 0 Å². The number of nitrogens with zero attached hydrogens (tertiary/aromatic N) is 3. The first-order valence-corrected chi connectivity index (χ1v) is 15.6. The minimum atomic E-state index is -0.217. The summed E-state index contributed by atoms with van der Waals surface area (Å²) in [6.45, 7) is 29.0. The SMILES string of the molecule is CC(C)[PH+](C(C)C)C(C)C.CC[N+](CC)(CC)CC.[Cu+2].[Ni].[O-]C(CC[S-])=NCCN=C([O-])CC[S-]. The molecule has 0 bridgehead atoms. The van der Waals surface area contributed by atoms with E-state index in [1.165, 1.54) is 30.7 Å². The minimum absolute atomic E-state index is 0. The predicted molar refractivity (Wildman–Crippen MR) is 154 cm³/mol. The second-order valence-corrected chi connectivity index (χ2v) is 14.3. The van der Waals surface area contributed by atoms with Crippen LogP contribution < -0.4 is 10.2 Å². The monoisotopic (exact) mass is 644 g/mol. The average molecular weight is 646 g/mol. The van der Waals surface area contributed by atoms with Crippen LogP contribution in [0.25, 0.3) is 0 Å². The Morgan fingerprint density at radius 3 is 1.06 bits per heavy atom. The normalized spacial score (nSPS) is 12.0. The predicted octanol–water partition coefficient (Wildman–Crippen LogP) is 3.68. The van der Waals surface area contributed by atoms with Gasteiger partial charge in [-0.05, 0) is 93.9 Å². The third kappa shape index (κ3) is 26.4. The van der Waals surface area contributed by atoms with Gasteiger partial charge in [-0.2, -0.15) is 11.5 Å². The first-order valence-electron chi connectivity index (χ1n) is 12.7. The van der Waals surface area contributed by atoms with Crippen molar-refractivity contribution in [3.8, 4) is 0 Å². The summed E-state index contributed by atoms with van der Waals surface area (Å²) >= 11 is 9.23. The zero-order valence-electron chi connectivity index (χ0n) is 23.9. The van der Waals surface area contributed by atoms with Crippen molar-refractivity contribution in [2.45, 2.75) is 99.1 Å². The van der Waals surface area contributed by atoms with Crippen LogP contribution in [0.5, 0.6) is 0 Å². The smallest absolute Gasteiger partial charge is 0.862 e. The number of aliphatic imine (C=N–C) groups is 2. The van der Waals surface area contributed by atoms with E-state index in [1.807, 2.05) is 0 Å². The minimum Gasteiger partial charge on any atom is -0.862 e. The molecule has 0 heterocycles. The number of rotatable bonds is 14. The van der Waals surface area contributed by atoms with Gasteiger partial charge in [-0.25, -0.2) is 0 Å². The van der Waals surface area contributed by atoms with Crippen molar-refractivity contribution in [2.24, 2.45) is 9.98 Å². The maximum absolute atomic E-state index is 10.8. The molecular weight excluding hydrogens is 592 g/mol. The van der Waals surface area contributed by atoms with Crippen molar-refractivity contribution in [1.29, 1.82) is 0 Å². The number of quaternary nitrogens is 1. The van der Waals surface area contributed by atoms with Crippen LogP contribution in [0.3, 0.4) is 0 Å². The molecular formula is C25H54CuN3NiO2PS2. The van der Waals surface area contributed by atoms with Crippen molar-refractivity contribution in [3.63, 3.8) is 0 Å².